The summed E-state index contributed by atoms with van der Waals surface area (Å²) in [7, 11) is 0. The zero-order chi connectivity index (χ0) is 24.8. The van der Waals surface area contributed by atoms with E-state index in [1.54, 1.807) is 55.5 Å². The molecule has 1 saturated carbocycles. The molecule has 1 aliphatic rings. The Hall–Kier alpha value is -4.01. The Morgan fingerprint density at radius 1 is 1.09 bits per heavy atom. The van der Waals surface area contributed by atoms with Crippen LogP contribution < -0.4 is 14.2 Å². The van der Waals surface area contributed by atoms with Gasteiger partial charge < -0.3 is 23.7 Å². The lowest BCUT2D eigenvalue weighted by atomic mass is 10.2. The van der Waals surface area contributed by atoms with E-state index in [4.69, 9.17) is 18.6 Å². The highest BCUT2D eigenvalue weighted by Gasteiger charge is 2.24. The van der Waals surface area contributed by atoms with Crippen LogP contribution in [0.2, 0.25) is 0 Å². The minimum Gasteiger partial charge on any atom is -0.493 e. The number of benzene rings is 2. The van der Waals surface area contributed by atoms with Crippen LogP contribution in [0.3, 0.4) is 0 Å². The third-order valence-electron chi connectivity index (χ3n) is 5.30. The summed E-state index contributed by atoms with van der Waals surface area (Å²) >= 11 is 0. The number of aliphatic carboxylic acids is 1. The predicted molar refractivity (Wildman–Crippen MR) is 126 cm³/mol. The first kappa shape index (κ1) is 24.1. The highest BCUT2D eigenvalue weighted by Crippen LogP contribution is 2.29. The topological polar surface area (TPSA) is 111 Å². The summed E-state index contributed by atoms with van der Waals surface area (Å²) in [5, 5.41) is 9.32. The normalized spacial score (nSPS) is 12.7. The minimum atomic E-state index is -1.14. The van der Waals surface area contributed by atoms with Crippen LogP contribution in [0.4, 0.5) is 4.79 Å². The van der Waals surface area contributed by atoms with Crippen molar-refractivity contribution in [1.82, 2.24) is 9.88 Å². The second kappa shape index (κ2) is 10.9. The molecular weight excluding hydrogens is 452 g/mol. The van der Waals surface area contributed by atoms with Crippen molar-refractivity contribution in [2.24, 2.45) is 0 Å². The minimum absolute atomic E-state index is 0.0438. The van der Waals surface area contributed by atoms with Crippen LogP contribution in [0.1, 0.15) is 35.7 Å². The van der Waals surface area contributed by atoms with E-state index in [0.717, 1.165) is 29.2 Å². The third kappa shape index (κ3) is 7.23. The van der Waals surface area contributed by atoms with Gasteiger partial charge in [-0.3, -0.25) is 9.69 Å². The Labute approximate surface area is 203 Å². The maximum absolute atomic E-state index is 12.8. The van der Waals surface area contributed by atoms with Crippen LogP contribution in [-0.2, 0) is 17.8 Å². The number of aromatic nitrogens is 1. The lowest BCUT2D eigenvalue weighted by Crippen LogP contribution is -2.37. The largest absolute Gasteiger partial charge is 0.493 e. The van der Waals surface area contributed by atoms with E-state index in [0.29, 0.717) is 41.7 Å². The van der Waals surface area contributed by atoms with Crippen molar-refractivity contribution in [3.63, 3.8) is 0 Å². The molecule has 2 aromatic carbocycles. The molecule has 0 aliphatic heterocycles. The lowest BCUT2D eigenvalue weighted by Gasteiger charge is -2.20. The number of carbonyl (C=O) groups is 2. The van der Waals surface area contributed by atoms with Crippen molar-refractivity contribution < 1.29 is 33.3 Å². The van der Waals surface area contributed by atoms with Crippen LogP contribution in [0.5, 0.6) is 17.2 Å². The molecule has 184 valence electrons. The zero-order valence-corrected chi connectivity index (χ0v) is 19.7. The zero-order valence-electron chi connectivity index (χ0n) is 19.7. The van der Waals surface area contributed by atoms with E-state index in [1.165, 1.54) is 0 Å². The number of amides is 1. The van der Waals surface area contributed by atoms with E-state index >= 15 is 0 Å². The van der Waals surface area contributed by atoms with Crippen LogP contribution in [0.15, 0.2) is 52.9 Å². The molecule has 0 unspecified atom stereocenters. The monoisotopic (exact) mass is 480 g/mol. The number of hydrogen-bond donors (Lipinski definition) is 1. The molecule has 4 rings (SSSR count). The number of hydrogen-bond acceptors (Lipinski definition) is 7. The van der Waals surface area contributed by atoms with Crippen LogP contribution in [0, 0.1) is 13.8 Å². The van der Waals surface area contributed by atoms with Crippen LogP contribution in [0.25, 0.3) is 0 Å². The first-order valence-electron chi connectivity index (χ1n) is 11.5. The summed E-state index contributed by atoms with van der Waals surface area (Å²) in [5.74, 6) is 1.76. The van der Waals surface area contributed by atoms with Gasteiger partial charge in [-0.05, 0) is 49.6 Å². The molecule has 0 atom stereocenters. The molecule has 1 heterocycles. The van der Waals surface area contributed by atoms with Crippen molar-refractivity contribution in [3.05, 3.63) is 71.4 Å². The van der Waals surface area contributed by atoms with Gasteiger partial charge >= 0.3 is 12.1 Å². The average Bonchev–Trinajstić information content (AvgIpc) is 3.56. The lowest BCUT2D eigenvalue weighted by molar-refractivity contribution is -0.138. The fraction of sp³-hybridized carbons (Fsp3) is 0.346. The second-order valence-electron chi connectivity index (χ2n) is 8.39. The van der Waals surface area contributed by atoms with Gasteiger partial charge in [0.1, 0.15) is 29.6 Å². The average molecular weight is 481 g/mol. The molecule has 1 amide bonds. The molecule has 1 fully saturated rings. The van der Waals surface area contributed by atoms with Gasteiger partial charge in [0.15, 0.2) is 5.89 Å². The van der Waals surface area contributed by atoms with Crippen LogP contribution in [-0.4, -0.2) is 46.3 Å². The van der Waals surface area contributed by atoms with Crippen molar-refractivity contribution in [3.8, 4) is 17.2 Å². The maximum atomic E-state index is 12.8. The first-order valence-corrected chi connectivity index (χ1v) is 11.5. The van der Waals surface area contributed by atoms with Gasteiger partial charge in [0.2, 0.25) is 0 Å². The number of carbonyl (C=O) groups excluding carboxylic acids is 1. The Morgan fingerprint density at radius 3 is 2.54 bits per heavy atom. The van der Waals surface area contributed by atoms with Gasteiger partial charge in [-0.25, -0.2) is 9.78 Å². The van der Waals surface area contributed by atoms with Gasteiger partial charge in [0, 0.05) is 26.0 Å². The number of carboxylic acid groups (broad SMARTS) is 1. The Bertz CT molecular complexity index is 1190. The third-order valence-corrected chi connectivity index (χ3v) is 5.30. The van der Waals surface area contributed by atoms with Crippen molar-refractivity contribution in [1.29, 1.82) is 0 Å². The molecule has 35 heavy (non-hydrogen) atoms. The predicted octanol–water partition coefficient (Wildman–Crippen LogP) is 4.54. The summed E-state index contributed by atoms with van der Waals surface area (Å²) < 4.78 is 22.4. The Balaban J connectivity index is 1.37. The van der Waals surface area contributed by atoms with Crippen molar-refractivity contribution in [2.45, 2.75) is 45.8 Å². The molecule has 9 nitrogen and oxygen atoms in total. The molecule has 0 saturated heterocycles. The van der Waals surface area contributed by atoms with Gasteiger partial charge in [-0.2, -0.15) is 0 Å². The number of ether oxygens (including phenoxy) is 3. The van der Waals surface area contributed by atoms with Crippen molar-refractivity contribution in [2.75, 3.05) is 13.2 Å². The van der Waals surface area contributed by atoms with E-state index in [2.05, 4.69) is 4.98 Å². The molecule has 3 aromatic rings. The summed E-state index contributed by atoms with van der Waals surface area (Å²) in [6.07, 6.45) is 2.06. The summed E-state index contributed by atoms with van der Waals surface area (Å²) in [5.41, 5.74) is 1.56. The van der Waals surface area contributed by atoms with E-state index in [1.807, 2.05) is 6.92 Å². The SMILES string of the molecule is Cc1nc(CCOc2cccc(CN(CC(=O)O)C(=O)Oc3cccc(OC4CC4)c3)c2)c(C)o1. The summed E-state index contributed by atoms with van der Waals surface area (Å²) in [4.78, 5) is 29.7. The van der Waals surface area contributed by atoms with Gasteiger partial charge in [-0.15, -0.1) is 0 Å². The number of oxazole rings is 1. The first-order chi connectivity index (χ1) is 16.9. The maximum Gasteiger partial charge on any atom is 0.416 e. The highest BCUT2D eigenvalue weighted by atomic mass is 16.6. The highest BCUT2D eigenvalue weighted by molar-refractivity contribution is 5.78. The molecule has 1 aromatic heterocycles. The van der Waals surface area contributed by atoms with Gasteiger partial charge in [0.25, 0.3) is 0 Å². The Morgan fingerprint density at radius 2 is 1.83 bits per heavy atom. The quantitative estimate of drug-likeness (QED) is 0.426. The fourth-order valence-electron chi connectivity index (χ4n) is 3.53. The second-order valence-corrected chi connectivity index (χ2v) is 8.39. The van der Waals surface area contributed by atoms with E-state index in [-0.39, 0.29) is 12.6 Å². The summed E-state index contributed by atoms with van der Waals surface area (Å²) in [6, 6.07) is 13.9. The summed E-state index contributed by atoms with van der Waals surface area (Å²) in [6.45, 7) is 3.60. The number of carboxylic acids is 1. The molecular formula is C26H28N2O7. The molecule has 1 N–H and O–H groups in total. The van der Waals surface area contributed by atoms with Gasteiger partial charge in [0.05, 0.1) is 18.4 Å². The molecule has 0 bridgehead atoms. The molecule has 0 spiro atoms. The smallest absolute Gasteiger partial charge is 0.416 e. The standard InChI is InChI=1S/C26H28N2O7/c1-17-24(27-18(2)33-17)11-12-32-21-6-3-5-19(13-21)15-28(16-25(29)30)26(31)35-23-8-4-7-22(14-23)34-20-9-10-20/h3-8,13-14,20H,9-12,15-16H2,1-2H3,(H,29,30). The fourth-order valence-corrected chi connectivity index (χ4v) is 3.53. The van der Waals surface area contributed by atoms with E-state index in [9.17, 15) is 14.7 Å². The molecule has 0 radical (unpaired) electrons. The van der Waals surface area contributed by atoms with Crippen LogP contribution >= 0.6 is 0 Å². The van der Waals surface area contributed by atoms with E-state index < -0.39 is 18.6 Å². The number of aryl methyl sites for hydroxylation is 2. The molecule has 9 heteroatoms. The molecule has 1 aliphatic carbocycles. The Kier molecular flexibility index (Phi) is 7.54. The van der Waals surface area contributed by atoms with Crippen molar-refractivity contribution >= 4 is 12.1 Å². The number of nitrogens with zero attached hydrogens (tertiary/aromatic N) is 2. The van der Waals surface area contributed by atoms with Gasteiger partial charge in [-0.1, -0.05) is 18.2 Å². The number of rotatable bonds is 11.